The summed E-state index contributed by atoms with van der Waals surface area (Å²) in [5.41, 5.74) is 3.20. The van der Waals surface area contributed by atoms with Crippen molar-refractivity contribution in [2.75, 3.05) is 19.4 Å². The van der Waals surface area contributed by atoms with E-state index in [4.69, 9.17) is 0 Å². The molecule has 0 bridgehead atoms. The van der Waals surface area contributed by atoms with Crippen molar-refractivity contribution in [3.05, 3.63) is 83.9 Å². The van der Waals surface area contributed by atoms with E-state index in [0.29, 0.717) is 29.2 Å². The molecule has 0 spiro atoms. The van der Waals surface area contributed by atoms with Gasteiger partial charge in [0.1, 0.15) is 5.69 Å². The predicted molar refractivity (Wildman–Crippen MR) is 124 cm³/mol. The first-order chi connectivity index (χ1) is 14.9. The van der Waals surface area contributed by atoms with Gasteiger partial charge < -0.3 is 5.32 Å². The van der Waals surface area contributed by atoms with E-state index >= 15 is 0 Å². The highest BCUT2D eigenvalue weighted by Crippen LogP contribution is 2.32. The number of nitrogens with one attached hydrogen (secondary N) is 1. The summed E-state index contributed by atoms with van der Waals surface area (Å²) in [6, 6.07) is 23.3. The molecule has 4 rings (SSSR count). The first-order valence-electron chi connectivity index (χ1n) is 9.94. The molecule has 0 saturated carbocycles. The van der Waals surface area contributed by atoms with Crippen molar-refractivity contribution in [3.8, 4) is 11.3 Å². The first-order valence-corrected chi connectivity index (χ1v) is 11.4. The zero-order valence-electron chi connectivity index (χ0n) is 17.7. The number of anilines is 1. The van der Waals surface area contributed by atoms with Crippen molar-refractivity contribution in [1.82, 2.24) is 14.5 Å². The van der Waals surface area contributed by atoms with E-state index in [1.54, 1.807) is 13.0 Å². The van der Waals surface area contributed by atoms with Crippen molar-refractivity contribution >= 4 is 26.6 Å². The van der Waals surface area contributed by atoms with Gasteiger partial charge in [0.25, 0.3) is 0 Å². The van der Waals surface area contributed by atoms with Crippen LogP contribution in [-0.2, 0) is 16.6 Å². The van der Waals surface area contributed by atoms with Gasteiger partial charge in [-0.25, -0.2) is 12.7 Å². The Bertz CT molecular complexity index is 1340. The van der Waals surface area contributed by atoms with Gasteiger partial charge in [-0.05, 0) is 24.1 Å². The Balaban J connectivity index is 1.78. The van der Waals surface area contributed by atoms with Gasteiger partial charge in [-0.15, -0.1) is 10.2 Å². The van der Waals surface area contributed by atoms with Gasteiger partial charge in [-0.2, -0.15) is 0 Å². The maximum absolute atomic E-state index is 12.8. The lowest BCUT2D eigenvalue weighted by atomic mass is 10.0. The molecule has 1 aromatic heterocycles. The molecular formula is C24H24N4O2S. The molecule has 0 radical (unpaired) electrons. The van der Waals surface area contributed by atoms with E-state index in [1.807, 2.05) is 54.6 Å². The van der Waals surface area contributed by atoms with Gasteiger partial charge in [-0.3, -0.25) is 0 Å². The van der Waals surface area contributed by atoms with E-state index in [2.05, 4.69) is 27.6 Å². The average molecular weight is 433 g/mol. The molecule has 0 aliphatic rings. The Hall–Kier alpha value is -3.29. The normalized spacial score (nSPS) is 11.7. The third-order valence-electron chi connectivity index (χ3n) is 5.21. The monoisotopic (exact) mass is 432 g/mol. The number of nitrogens with zero attached hydrogens (tertiary/aromatic N) is 3. The molecular weight excluding hydrogens is 408 g/mol. The molecule has 0 aliphatic heterocycles. The topological polar surface area (TPSA) is 75.2 Å². The zero-order chi connectivity index (χ0) is 22.0. The number of benzene rings is 3. The second kappa shape index (κ2) is 8.45. The molecule has 3 aromatic carbocycles. The number of sulfonamides is 1. The molecule has 1 heterocycles. The second-order valence-corrected chi connectivity index (χ2v) is 9.67. The molecule has 0 fully saturated rings. The summed E-state index contributed by atoms with van der Waals surface area (Å²) in [4.78, 5) is 0.271. The average Bonchev–Trinajstić information content (AvgIpc) is 2.78. The molecule has 0 unspecified atom stereocenters. The summed E-state index contributed by atoms with van der Waals surface area (Å²) in [6.07, 6.45) is 0. The number of rotatable bonds is 6. The van der Waals surface area contributed by atoms with E-state index in [9.17, 15) is 8.42 Å². The van der Waals surface area contributed by atoms with Crippen LogP contribution in [0, 0.1) is 6.92 Å². The lowest BCUT2D eigenvalue weighted by molar-refractivity contribution is 0.520. The highest BCUT2D eigenvalue weighted by molar-refractivity contribution is 7.89. The van der Waals surface area contributed by atoms with Crippen molar-refractivity contribution in [1.29, 1.82) is 0 Å². The highest BCUT2D eigenvalue weighted by Gasteiger charge is 2.21. The predicted octanol–water partition coefficient (Wildman–Crippen LogP) is 4.47. The van der Waals surface area contributed by atoms with Crippen molar-refractivity contribution in [2.45, 2.75) is 18.4 Å². The Labute approximate surface area is 182 Å². The molecule has 31 heavy (non-hydrogen) atoms. The Kier molecular flexibility index (Phi) is 5.71. The smallest absolute Gasteiger partial charge is 0.242 e. The van der Waals surface area contributed by atoms with Gasteiger partial charge in [0, 0.05) is 37.0 Å². The number of hydrogen-bond acceptors (Lipinski definition) is 5. The number of aromatic nitrogens is 2. The summed E-state index contributed by atoms with van der Waals surface area (Å²) in [7, 11) is -0.503. The molecule has 0 amide bonds. The maximum Gasteiger partial charge on any atom is 0.242 e. The number of hydrogen-bond donors (Lipinski definition) is 1. The van der Waals surface area contributed by atoms with Gasteiger partial charge in [0.05, 0.1) is 4.90 Å². The highest BCUT2D eigenvalue weighted by atomic mass is 32.2. The van der Waals surface area contributed by atoms with Crippen LogP contribution in [0.25, 0.3) is 22.0 Å². The van der Waals surface area contributed by atoms with Crippen LogP contribution in [0.4, 0.5) is 5.82 Å². The summed E-state index contributed by atoms with van der Waals surface area (Å²) in [6.45, 7) is 2.43. The maximum atomic E-state index is 12.8. The molecule has 0 aliphatic carbocycles. The van der Waals surface area contributed by atoms with E-state index in [-0.39, 0.29) is 4.90 Å². The van der Waals surface area contributed by atoms with Gasteiger partial charge in [0.2, 0.25) is 10.0 Å². The summed E-state index contributed by atoms with van der Waals surface area (Å²) in [5.74, 6) is 0.691. The largest absolute Gasteiger partial charge is 0.364 e. The second-order valence-electron chi connectivity index (χ2n) is 7.55. The lowest BCUT2D eigenvalue weighted by Crippen LogP contribution is -2.23. The van der Waals surface area contributed by atoms with E-state index in [1.165, 1.54) is 18.4 Å². The molecule has 6 nitrogen and oxygen atoms in total. The van der Waals surface area contributed by atoms with Gasteiger partial charge in [0.15, 0.2) is 5.82 Å². The molecule has 4 aromatic rings. The first kappa shape index (κ1) is 21.0. The minimum atomic E-state index is -3.57. The SMILES string of the molecule is Cc1ccc(-c2nnc(NCc3ccccc3)c3ccccc23)cc1S(=O)(=O)N(C)C. The van der Waals surface area contributed by atoms with Crippen LogP contribution in [0.3, 0.4) is 0 Å². The minimum absolute atomic E-state index is 0.271. The zero-order valence-corrected chi connectivity index (χ0v) is 18.5. The van der Waals surface area contributed by atoms with Crippen LogP contribution in [-0.4, -0.2) is 37.0 Å². The van der Waals surface area contributed by atoms with Crippen molar-refractivity contribution in [3.63, 3.8) is 0 Å². The van der Waals surface area contributed by atoms with E-state index in [0.717, 1.165) is 16.3 Å². The fourth-order valence-corrected chi connectivity index (χ4v) is 4.60. The molecule has 0 atom stereocenters. The molecule has 1 N–H and O–H groups in total. The minimum Gasteiger partial charge on any atom is -0.364 e. The quantitative estimate of drug-likeness (QED) is 0.487. The fraction of sp³-hybridized carbons (Fsp3) is 0.167. The van der Waals surface area contributed by atoms with Crippen LogP contribution in [0.5, 0.6) is 0 Å². The van der Waals surface area contributed by atoms with Crippen molar-refractivity contribution < 1.29 is 8.42 Å². The Morgan fingerprint density at radius 2 is 1.55 bits per heavy atom. The van der Waals surface area contributed by atoms with Crippen LogP contribution in [0.2, 0.25) is 0 Å². The standard InChI is InChI=1S/C24H24N4O2S/c1-17-13-14-19(15-22(17)31(29,30)28(2)3)23-20-11-7-8-12-21(20)24(27-26-23)25-16-18-9-5-4-6-10-18/h4-15H,16H2,1-3H3,(H,25,27). The van der Waals surface area contributed by atoms with Gasteiger partial charge in [-0.1, -0.05) is 66.7 Å². The third-order valence-corrected chi connectivity index (χ3v) is 7.17. The fourth-order valence-electron chi connectivity index (χ4n) is 3.45. The number of fused-ring (bicyclic) bond motifs is 1. The summed E-state index contributed by atoms with van der Waals surface area (Å²) in [5, 5.41) is 14.1. The van der Waals surface area contributed by atoms with Crippen molar-refractivity contribution in [2.24, 2.45) is 0 Å². The molecule has 7 heteroatoms. The Morgan fingerprint density at radius 1 is 0.871 bits per heavy atom. The Morgan fingerprint density at radius 3 is 2.26 bits per heavy atom. The van der Waals surface area contributed by atoms with Crippen LogP contribution < -0.4 is 5.32 Å². The lowest BCUT2D eigenvalue weighted by Gasteiger charge is -2.15. The molecule has 0 saturated heterocycles. The molecule has 158 valence electrons. The number of aryl methyl sites for hydroxylation is 1. The third kappa shape index (κ3) is 4.15. The van der Waals surface area contributed by atoms with Crippen LogP contribution in [0.1, 0.15) is 11.1 Å². The van der Waals surface area contributed by atoms with Gasteiger partial charge >= 0.3 is 0 Å². The van der Waals surface area contributed by atoms with E-state index < -0.39 is 10.0 Å². The summed E-state index contributed by atoms with van der Waals surface area (Å²) < 4.78 is 26.7. The van der Waals surface area contributed by atoms with Crippen LogP contribution >= 0.6 is 0 Å². The summed E-state index contributed by atoms with van der Waals surface area (Å²) >= 11 is 0. The van der Waals surface area contributed by atoms with Crippen LogP contribution in [0.15, 0.2) is 77.7 Å².